The molecule has 0 aromatic heterocycles. The van der Waals surface area contributed by atoms with Gasteiger partial charge < -0.3 is 15.0 Å². The molecule has 156 valence electrons. The predicted molar refractivity (Wildman–Crippen MR) is 111 cm³/mol. The van der Waals surface area contributed by atoms with Gasteiger partial charge >= 0.3 is 0 Å². The summed E-state index contributed by atoms with van der Waals surface area (Å²) >= 11 is 0. The second kappa shape index (κ2) is 9.54. The first kappa shape index (κ1) is 22.4. The van der Waals surface area contributed by atoms with Gasteiger partial charge in [0.2, 0.25) is 5.91 Å². The van der Waals surface area contributed by atoms with E-state index in [1.807, 2.05) is 45.9 Å². The molecule has 1 atom stereocenters. The molecule has 0 bridgehead atoms. The van der Waals surface area contributed by atoms with Gasteiger partial charge in [0.15, 0.2) is 6.61 Å². The summed E-state index contributed by atoms with van der Waals surface area (Å²) in [5, 5.41) is 2.87. The van der Waals surface area contributed by atoms with Crippen molar-refractivity contribution >= 4 is 11.8 Å². The first-order valence-corrected chi connectivity index (χ1v) is 9.62. The third-order valence-corrected chi connectivity index (χ3v) is 4.41. The molecule has 0 saturated heterocycles. The molecule has 0 fully saturated rings. The third-order valence-electron chi connectivity index (χ3n) is 4.41. The Morgan fingerprint density at radius 2 is 1.72 bits per heavy atom. The molecule has 6 heteroatoms. The van der Waals surface area contributed by atoms with E-state index < -0.39 is 23.3 Å². The summed E-state index contributed by atoms with van der Waals surface area (Å²) in [6.07, 6.45) is 0. The lowest BCUT2D eigenvalue weighted by atomic mass is 10.1. The topological polar surface area (TPSA) is 58.6 Å². The van der Waals surface area contributed by atoms with Gasteiger partial charge in [0.25, 0.3) is 5.91 Å². The highest BCUT2D eigenvalue weighted by atomic mass is 19.1. The van der Waals surface area contributed by atoms with Gasteiger partial charge in [-0.2, -0.15) is 0 Å². The first-order chi connectivity index (χ1) is 13.6. The Balaban J connectivity index is 2.20. The fraction of sp³-hybridized carbons (Fsp3) is 0.391. The van der Waals surface area contributed by atoms with E-state index in [0.29, 0.717) is 11.3 Å². The summed E-state index contributed by atoms with van der Waals surface area (Å²) in [6.45, 7) is 8.84. The number of nitrogens with zero attached hydrogens (tertiary/aromatic N) is 1. The molecule has 0 aliphatic carbocycles. The van der Waals surface area contributed by atoms with Gasteiger partial charge in [-0.05, 0) is 52.3 Å². The quantitative estimate of drug-likeness (QED) is 0.768. The molecule has 2 aromatic carbocycles. The van der Waals surface area contributed by atoms with E-state index in [1.165, 1.54) is 11.0 Å². The van der Waals surface area contributed by atoms with Crippen LogP contribution in [0.25, 0.3) is 0 Å². The number of amides is 2. The summed E-state index contributed by atoms with van der Waals surface area (Å²) < 4.78 is 19.8. The lowest BCUT2D eigenvalue weighted by Crippen LogP contribution is -2.53. The Morgan fingerprint density at radius 3 is 2.34 bits per heavy atom. The zero-order valence-corrected chi connectivity index (χ0v) is 17.7. The Kier molecular flexibility index (Phi) is 7.37. The van der Waals surface area contributed by atoms with Crippen LogP contribution in [-0.4, -0.2) is 34.9 Å². The minimum atomic E-state index is -0.790. The predicted octanol–water partition coefficient (Wildman–Crippen LogP) is 3.84. The third kappa shape index (κ3) is 6.59. The largest absolute Gasteiger partial charge is 0.484 e. The van der Waals surface area contributed by atoms with E-state index in [1.54, 1.807) is 31.2 Å². The monoisotopic (exact) mass is 400 g/mol. The maximum Gasteiger partial charge on any atom is 0.261 e. The zero-order chi connectivity index (χ0) is 21.6. The number of halogens is 1. The van der Waals surface area contributed by atoms with Crippen LogP contribution in [0.15, 0.2) is 48.5 Å². The van der Waals surface area contributed by atoms with Crippen molar-refractivity contribution in [3.8, 4) is 5.75 Å². The van der Waals surface area contributed by atoms with Gasteiger partial charge in [0, 0.05) is 17.6 Å². The number of hydrogen-bond donors (Lipinski definition) is 1. The van der Waals surface area contributed by atoms with Crippen molar-refractivity contribution in [2.45, 2.75) is 52.7 Å². The normalized spacial score (nSPS) is 12.2. The molecule has 0 saturated carbocycles. The fourth-order valence-corrected chi connectivity index (χ4v) is 2.81. The van der Waals surface area contributed by atoms with Crippen molar-refractivity contribution in [1.82, 2.24) is 10.2 Å². The molecule has 29 heavy (non-hydrogen) atoms. The highest BCUT2D eigenvalue weighted by Gasteiger charge is 2.29. The van der Waals surface area contributed by atoms with Crippen LogP contribution in [0.2, 0.25) is 0 Å². The fourth-order valence-electron chi connectivity index (χ4n) is 2.81. The summed E-state index contributed by atoms with van der Waals surface area (Å²) in [4.78, 5) is 27.0. The van der Waals surface area contributed by atoms with Gasteiger partial charge in [-0.1, -0.05) is 36.4 Å². The van der Waals surface area contributed by atoms with Crippen LogP contribution in [0.4, 0.5) is 4.39 Å². The number of carbonyl (C=O) groups is 2. The lowest BCUT2D eigenvalue weighted by Gasteiger charge is -2.31. The molecule has 1 unspecified atom stereocenters. The number of ether oxygens (including phenoxy) is 1. The van der Waals surface area contributed by atoms with Crippen LogP contribution in [0.5, 0.6) is 5.75 Å². The number of carbonyl (C=O) groups excluding carboxylic acids is 2. The number of benzene rings is 2. The van der Waals surface area contributed by atoms with E-state index in [2.05, 4.69) is 5.32 Å². The maximum atomic E-state index is 14.2. The van der Waals surface area contributed by atoms with Crippen molar-refractivity contribution in [3.05, 3.63) is 65.5 Å². The molecule has 2 rings (SSSR count). The van der Waals surface area contributed by atoms with E-state index in [9.17, 15) is 14.0 Å². The Labute approximate surface area is 171 Å². The van der Waals surface area contributed by atoms with E-state index in [-0.39, 0.29) is 19.1 Å². The minimum Gasteiger partial charge on any atom is -0.484 e. The summed E-state index contributed by atoms with van der Waals surface area (Å²) in [7, 11) is 0. The van der Waals surface area contributed by atoms with Crippen LogP contribution < -0.4 is 10.1 Å². The minimum absolute atomic E-state index is 0.0264. The van der Waals surface area contributed by atoms with Gasteiger partial charge in [-0.25, -0.2) is 4.39 Å². The second-order valence-electron chi connectivity index (χ2n) is 8.08. The molecule has 2 amide bonds. The van der Waals surface area contributed by atoms with E-state index in [0.717, 1.165) is 5.56 Å². The Morgan fingerprint density at radius 1 is 1.10 bits per heavy atom. The average Bonchev–Trinajstić information content (AvgIpc) is 2.64. The maximum absolute atomic E-state index is 14.2. The van der Waals surface area contributed by atoms with Gasteiger partial charge in [-0.15, -0.1) is 0 Å². The first-order valence-electron chi connectivity index (χ1n) is 9.62. The summed E-state index contributed by atoms with van der Waals surface area (Å²) in [5.41, 5.74) is 0.794. The van der Waals surface area contributed by atoms with Crippen LogP contribution in [0.3, 0.4) is 0 Å². The molecule has 0 aliphatic rings. The van der Waals surface area contributed by atoms with Crippen molar-refractivity contribution in [3.63, 3.8) is 0 Å². The average molecular weight is 400 g/mol. The molecule has 0 heterocycles. The Bertz CT molecular complexity index is 861. The van der Waals surface area contributed by atoms with Gasteiger partial charge in [0.1, 0.15) is 17.6 Å². The second-order valence-corrected chi connectivity index (χ2v) is 8.08. The number of para-hydroxylation sites is 1. The van der Waals surface area contributed by atoms with Gasteiger partial charge in [-0.3, -0.25) is 9.59 Å². The highest BCUT2D eigenvalue weighted by Crippen LogP contribution is 2.18. The zero-order valence-electron chi connectivity index (χ0n) is 17.7. The van der Waals surface area contributed by atoms with Crippen molar-refractivity contribution < 1.29 is 18.7 Å². The standard InChI is InChI=1S/C23H29FN2O3/c1-16-10-6-9-13-20(16)29-15-21(27)26(14-18-11-7-8-12-19(18)24)17(2)22(28)25-23(3,4)5/h6-13,17H,14-15H2,1-5H3,(H,25,28). The molecular weight excluding hydrogens is 371 g/mol. The van der Waals surface area contributed by atoms with E-state index in [4.69, 9.17) is 4.74 Å². The molecule has 2 aromatic rings. The number of hydrogen-bond acceptors (Lipinski definition) is 3. The van der Waals surface area contributed by atoms with Crippen LogP contribution in [0.1, 0.15) is 38.8 Å². The summed E-state index contributed by atoms with van der Waals surface area (Å²) in [6, 6.07) is 12.8. The smallest absolute Gasteiger partial charge is 0.261 e. The molecule has 5 nitrogen and oxygen atoms in total. The van der Waals surface area contributed by atoms with Crippen molar-refractivity contribution in [1.29, 1.82) is 0 Å². The van der Waals surface area contributed by atoms with Crippen LogP contribution in [-0.2, 0) is 16.1 Å². The number of nitrogens with one attached hydrogen (secondary N) is 1. The van der Waals surface area contributed by atoms with Crippen LogP contribution in [0, 0.1) is 12.7 Å². The number of aryl methyl sites for hydroxylation is 1. The van der Waals surface area contributed by atoms with Crippen molar-refractivity contribution in [2.75, 3.05) is 6.61 Å². The lowest BCUT2D eigenvalue weighted by molar-refractivity contribution is -0.142. The molecule has 0 aliphatic heterocycles. The SMILES string of the molecule is Cc1ccccc1OCC(=O)N(Cc1ccccc1F)C(C)C(=O)NC(C)(C)C. The van der Waals surface area contributed by atoms with Crippen LogP contribution >= 0.6 is 0 Å². The number of rotatable bonds is 7. The molecular formula is C23H29FN2O3. The van der Waals surface area contributed by atoms with E-state index >= 15 is 0 Å². The molecule has 1 N–H and O–H groups in total. The highest BCUT2D eigenvalue weighted by molar-refractivity contribution is 5.88. The van der Waals surface area contributed by atoms with Gasteiger partial charge in [0.05, 0.1) is 0 Å². The Hall–Kier alpha value is -2.89. The molecule has 0 radical (unpaired) electrons. The van der Waals surface area contributed by atoms with Crippen molar-refractivity contribution in [2.24, 2.45) is 0 Å². The summed E-state index contributed by atoms with van der Waals surface area (Å²) in [5.74, 6) is -0.529. The molecule has 0 spiro atoms.